The molecule has 62 valence electrons. The van der Waals surface area contributed by atoms with Crippen LogP contribution in [0.3, 0.4) is 0 Å². The second-order valence-electron chi connectivity index (χ2n) is 2.16. The normalized spacial score (nSPS) is 10.0. The Bertz CT molecular complexity index is 210. The van der Waals surface area contributed by atoms with E-state index in [2.05, 4.69) is 20.8 Å². The Kier molecular flexibility index (Phi) is 3.25. The second-order valence-corrected chi connectivity index (χ2v) is 3.34. The van der Waals surface area contributed by atoms with Crippen molar-refractivity contribution in [3.05, 3.63) is 5.01 Å². The second kappa shape index (κ2) is 4.25. The molecular weight excluding hydrogens is 160 g/mol. The molecule has 1 rings (SSSR count). The highest BCUT2D eigenvalue weighted by Crippen LogP contribution is 2.12. The Balaban J connectivity index is 2.27. The molecule has 0 fully saturated rings. The SMILES string of the molecule is CNCCNc1nnc(C)s1. The van der Waals surface area contributed by atoms with Crippen molar-refractivity contribution < 1.29 is 0 Å². The minimum Gasteiger partial charge on any atom is -0.359 e. The number of hydrogen-bond donors (Lipinski definition) is 2. The van der Waals surface area contributed by atoms with Crippen LogP contribution >= 0.6 is 11.3 Å². The zero-order chi connectivity index (χ0) is 8.10. The van der Waals surface area contributed by atoms with E-state index in [1.54, 1.807) is 11.3 Å². The van der Waals surface area contributed by atoms with Gasteiger partial charge < -0.3 is 10.6 Å². The minimum absolute atomic E-state index is 0.894. The van der Waals surface area contributed by atoms with Gasteiger partial charge in [-0.3, -0.25) is 0 Å². The molecule has 0 aliphatic heterocycles. The largest absolute Gasteiger partial charge is 0.359 e. The molecule has 0 atom stereocenters. The van der Waals surface area contributed by atoms with Gasteiger partial charge >= 0.3 is 0 Å². The first kappa shape index (κ1) is 8.42. The molecule has 0 amide bonds. The molecule has 5 heteroatoms. The third-order valence-electron chi connectivity index (χ3n) is 1.18. The Morgan fingerprint density at radius 1 is 1.36 bits per heavy atom. The molecule has 0 aliphatic rings. The summed E-state index contributed by atoms with van der Waals surface area (Å²) in [6.45, 7) is 3.78. The molecule has 0 bridgehead atoms. The first-order valence-electron chi connectivity index (χ1n) is 3.51. The summed E-state index contributed by atoms with van der Waals surface area (Å²) < 4.78 is 0. The first-order chi connectivity index (χ1) is 5.33. The topological polar surface area (TPSA) is 49.8 Å². The summed E-state index contributed by atoms with van der Waals surface area (Å²) in [6, 6.07) is 0. The molecule has 1 aromatic heterocycles. The third-order valence-corrected chi connectivity index (χ3v) is 1.97. The van der Waals surface area contributed by atoms with E-state index in [-0.39, 0.29) is 0 Å². The van der Waals surface area contributed by atoms with Crippen LogP contribution < -0.4 is 10.6 Å². The fraction of sp³-hybridized carbons (Fsp3) is 0.667. The molecule has 0 saturated heterocycles. The monoisotopic (exact) mass is 172 g/mol. The van der Waals surface area contributed by atoms with E-state index in [1.165, 1.54) is 0 Å². The van der Waals surface area contributed by atoms with Crippen LogP contribution in [0.25, 0.3) is 0 Å². The summed E-state index contributed by atoms with van der Waals surface area (Å²) in [7, 11) is 1.92. The standard InChI is InChI=1S/C6H12N4S/c1-5-9-10-6(11-5)8-4-3-7-2/h7H,3-4H2,1-2H3,(H,8,10). The van der Waals surface area contributed by atoms with Crippen LogP contribution in [0, 0.1) is 6.92 Å². The molecule has 2 N–H and O–H groups in total. The van der Waals surface area contributed by atoms with Gasteiger partial charge in [-0.05, 0) is 14.0 Å². The maximum Gasteiger partial charge on any atom is 0.205 e. The Labute approximate surface area is 70.0 Å². The summed E-state index contributed by atoms with van der Waals surface area (Å²) in [5.74, 6) is 0. The van der Waals surface area contributed by atoms with Crippen molar-refractivity contribution in [2.75, 3.05) is 25.5 Å². The van der Waals surface area contributed by atoms with Crippen molar-refractivity contribution in [3.8, 4) is 0 Å². The van der Waals surface area contributed by atoms with E-state index in [1.807, 2.05) is 14.0 Å². The number of rotatable bonds is 4. The van der Waals surface area contributed by atoms with Gasteiger partial charge in [0.2, 0.25) is 5.13 Å². The van der Waals surface area contributed by atoms with Crippen molar-refractivity contribution in [3.63, 3.8) is 0 Å². The summed E-state index contributed by atoms with van der Waals surface area (Å²) in [4.78, 5) is 0. The maximum atomic E-state index is 3.92. The fourth-order valence-corrected chi connectivity index (χ4v) is 1.28. The molecule has 0 saturated carbocycles. The number of hydrogen-bond acceptors (Lipinski definition) is 5. The molecule has 4 nitrogen and oxygen atoms in total. The zero-order valence-corrected chi connectivity index (χ0v) is 7.53. The summed E-state index contributed by atoms with van der Waals surface area (Å²) in [5.41, 5.74) is 0. The molecule has 0 aromatic carbocycles. The average Bonchev–Trinajstić information content (AvgIpc) is 2.37. The fourth-order valence-electron chi connectivity index (χ4n) is 0.662. The quantitative estimate of drug-likeness (QED) is 0.648. The molecular formula is C6H12N4S. The highest BCUT2D eigenvalue weighted by Gasteiger charge is 1.96. The lowest BCUT2D eigenvalue weighted by Crippen LogP contribution is -2.17. The van der Waals surface area contributed by atoms with Gasteiger partial charge in [0, 0.05) is 13.1 Å². The number of aromatic nitrogens is 2. The number of nitrogens with one attached hydrogen (secondary N) is 2. The number of nitrogens with zero attached hydrogens (tertiary/aromatic N) is 2. The molecule has 0 unspecified atom stereocenters. The van der Waals surface area contributed by atoms with Gasteiger partial charge in [-0.25, -0.2) is 0 Å². The zero-order valence-electron chi connectivity index (χ0n) is 6.72. The highest BCUT2D eigenvalue weighted by molar-refractivity contribution is 7.15. The number of anilines is 1. The molecule has 1 heterocycles. The van der Waals surface area contributed by atoms with Crippen LogP contribution in [0.1, 0.15) is 5.01 Å². The van der Waals surface area contributed by atoms with E-state index >= 15 is 0 Å². The van der Waals surface area contributed by atoms with Gasteiger partial charge in [-0.15, -0.1) is 10.2 Å². The van der Waals surface area contributed by atoms with Crippen LogP contribution in [-0.4, -0.2) is 30.3 Å². The predicted molar refractivity (Wildman–Crippen MR) is 47.1 cm³/mol. The summed E-state index contributed by atoms with van der Waals surface area (Å²) in [6.07, 6.45) is 0. The summed E-state index contributed by atoms with van der Waals surface area (Å²) >= 11 is 1.58. The van der Waals surface area contributed by atoms with E-state index in [0.717, 1.165) is 23.2 Å². The predicted octanol–water partition coefficient (Wildman–Crippen LogP) is 0.478. The van der Waals surface area contributed by atoms with Gasteiger partial charge in [-0.1, -0.05) is 11.3 Å². The summed E-state index contributed by atoms with van der Waals surface area (Å²) in [5, 5.41) is 15.9. The van der Waals surface area contributed by atoms with Gasteiger partial charge in [-0.2, -0.15) is 0 Å². The van der Waals surface area contributed by atoms with Gasteiger partial charge in [0.1, 0.15) is 5.01 Å². The molecule has 0 spiro atoms. The van der Waals surface area contributed by atoms with E-state index < -0.39 is 0 Å². The van der Waals surface area contributed by atoms with Crippen LogP contribution in [0.5, 0.6) is 0 Å². The van der Waals surface area contributed by atoms with Crippen LogP contribution in [0.15, 0.2) is 0 Å². The Hall–Kier alpha value is -0.680. The van der Waals surface area contributed by atoms with Crippen LogP contribution in [-0.2, 0) is 0 Å². The van der Waals surface area contributed by atoms with Crippen LogP contribution in [0.4, 0.5) is 5.13 Å². The maximum absolute atomic E-state index is 3.92. The van der Waals surface area contributed by atoms with Crippen molar-refractivity contribution in [2.45, 2.75) is 6.92 Å². The molecule has 0 aliphatic carbocycles. The first-order valence-corrected chi connectivity index (χ1v) is 4.33. The van der Waals surface area contributed by atoms with E-state index in [0.29, 0.717) is 0 Å². The van der Waals surface area contributed by atoms with E-state index in [9.17, 15) is 0 Å². The molecule has 11 heavy (non-hydrogen) atoms. The molecule has 0 radical (unpaired) electrons. The number of likely N-dealkylation sites (N-methyl/N-ethyl adjacent to an activating group) is 1. The van der Waals surface area contributed by atoms with Crippen molar-refractivity contribution in [1.29, 1.82) is 0 Å². The third kappa shape index (κ3) is 2.81. The Morgan fingerprint density at radius 3 is 2.73 bits per heavy atom. The lowest BCUT2D eigenvalue weighted by atomic mass is 10.6. The van der Waals surface area contributed by atoms with Crippen molar-refractivity contribution in [1.82, 2.24) is 15.5 Å². The minimum atomic E-state index is 0.894. The van der Waals surface area contributed by atoms with Gasteiger partial charge in [0.15, 0.2) is 0 Å². The van der Waals surface area contributed by atoms with Gasteiger partial charge in [0.25, 0.3) is 0 Å². The van der Waals surface area contributed by atoms with E-state index in [4.69, 9.17) is 0 Å². The molecule has 1 aromatic rings. The van der Waals surface area contributed by atoms with Crippen molar-refractivity contribution >= 4 is 16.5 Å². The highest BCUT2D eigenvalue weighted by atomic mass is 32.1. The van der Waals surface area contributed by atoms with Crippen LogP contribution in [0.2, 0.25) is 0 Å². The smallest absolute Gasteiger partial charge is 0.205 e. The van der Waals surface area contributed by atoms with Crippen molar-refractivity contribution in [2.24, 2.45) is 0 Å². The Morgan fingerprint density at radius 2 is 2.18 bits per heavy atom. The number of aryl methyl sites for hydroxylation is 1. The lowest BCUT2D eigenvalue weighted by molar-refractivity contribution is 0.821. The van der Waals surface area contributed by atoms with Gasteiger partial charge in [0.05, 0.1) is 0 Å². The average molecular weight is 172 g/mol. The lowest BCUT2D eigenvalue weighted by Gasteiger charge is -1.98.